The number of benzene rings is 2. The number of rotatable bonds is 8. The van der Waals surface area contributed by atoms with Crippen LogP contribution in [-0.2, 0) is 21.9 Å². The van der Waals surface area contributed by atoms with Crippen molar-refractivity contribution in [3.8, 4) is 0 Å². The zero-order chi connectivity index (χ0) is 20.7. The fourth-order valence-electron chi connectivity index (χ4n) is 2.55. The summed E-state index contributed by atoms with van der Waals surface area (Å²) < 4.78 is 0. The summed E-state index contributed by atoms with van der Waals surface area (Å²) in [4.78, 5) is 26.5. The van der Waals surface area contributed by atoms with Crippen LogP contribution in [-0.4, -0.2) is 35.6 Å². The minimum absolute atomic E-state index is 0.124. The average Bonchev–Trinajstić information content (AvgIpc) is 2.69. The topological polar surface area (TPSA) is 49.4 Å². The molecule has 1 N–H and O–H groups in total. The Labute approximate surface area is 184 Å². The van der Waals surface area contributed by atoms with Crippen LogP contribution < -0.4 is 5.32 Å². The third-order valence-corrected chi connectivity index (χ3v) is 6.14. The van der Waals surface area contributed by atoms with E-state index in [1.807, 2.05) is 24.3 Å². The number of hydrogen-bond acceptors (Lipinski definition) is 3. The maximum atomic E-state index is 12.9. The third kappa shape index (κ3) is 6.59. The van der Waals surface area contributed by atoms with Crippen molar-refractivity contribution in [1.29, 1.82) is 0 Å². The number of amides is 2. The lowest BCUT2D eigenvalue weighted by atomic mass is 10.1. The van der Waals surface area contributed by atoms with E-state index < -0.39 is 6.04 Å². The number of carbonyl (C=O) groups excluding carboxylic acids is 2. The van der Waals surface area contributed by atoms with Gasteiger partial charge in [0.1, 0.15) is 6.04 Å². The molecule has 2 rings (SSSR count). The first-order chi connectivity index (χ1) is 13.3. The molecule has 8 heteroatoms. The molecule has 4 nitrogen and oxygen atoms in total. The van der Waals surface area contributed by atoms with Crippen LogP contribution in [0.2, 0.25) is 15.1 Å². The van der Waals surface area contributed by atoms with Gasteiger partial charge >= 0.3 is 0 Å². The van der Waals surface area contributed by atoms with Gasteiger partial charge in [-0.3, -0.25) is 9.59 Å². The van der Waals surface area contributed by atoms with Crippen molar-refractivity contribution in [2.24, 2.45) is 0 Å². The van der Waals surface area contributed by atoms with Gasteiger partial charge in [0.2, 0.25) is 11.8 Å². The molecule has 28 heavy (non-hydrogen) atoms. The van der Waals surface area contributed by atoms with Crippen molar-refractivity contribution in [3.63, 3.8) is 0 Å². The van der Waals surface area contributed by atoms with E-state index in [0.29, 0.717) is 20.8 Å². The first-order valence-corrected chi connectivity index (χ1v) is 10.9. The largest absolute Gasteiger partial charge is 0.357 e. The monoisotopic (exact) mass is 458 g/mol. The number of halogens is 3. The van der Waals surface area contributed by atoms with E-state index in [-0.39, 0.29) is 24.1 Å². The zero-order valence-electron chi connectivity index (χ0n) is 15.5. The first kappa shape index (κ1) is 22.9. The predicted octanol–water partition coefficient (Wildman–Crippen LogP) is 5.04. The van der Waals surface area contributed by atoms with E-state index >= 15 is 0 Å². The molecular weight excluding hydrogens is 439 g/mol. The highest BCUT2D eigenvalue weighted by Crippen LogP contribution is 2.24. The Morgan fingerprint density at radius 2 is 1.68 bits per heavy atom. The van der Waals surface area contributed by atoms with Crippen molar-refractivity contribution in [3.05, 3.63) is 68.7 Å². The molecule has 150 valence electrons. The van der Waals surface area contributed by atoms with Crippen LogP contribution in [0.5, 0.6) is 0 Å². The van der Waals surface area contributed by atoms with E-state index in [1.165, 1.54) is 11.8 Å². The molecular formula is C20H21Cl3N2O2S. The highest BCUT2D eigenvalue weighted by atomic mass is 35.5. The highest BCUT2D eigenvalue weighted by Gasteiger charge is 2.25. The number of nitrogens with one attached hydrogen (secondary N) is 1. The molecule has 2 amide bonds. The van der Waals surface area contributed by atoms with Crippen LogP contribution in [0.4, 0.5) is 0 Å². The van der Waals surface area contributed by atoms with Gasteiger partial charge in [0.25, 0.3) is 0 Å². The normalized spacial score (nSPS) is 11.8. The molecule has 0 bridgehead atoms. The number of nitrogens with zero attached hydrogens (tertiary/aromatic N) is 1. The van der Waals surface area contributed by atoms with Gasteiger partial charge < -0.3 is 10.2 Å². The summed E-state index contributed by atoms with van der Waals surface area (Å²) in [5, 5.41) is 4.13. The fraction of sp³-hybridized carbons (Fsp3) is 0.300. The predicted molar refractivity (Wildman–Crippen MR) is 118 cm³/mol. The summed E-state index contributed by atoms with van der Waals surface area (Å²) in [5.74, 6) is 0.584. The van der Waals surface area contributed by atoms with Gasteiger partial charge in [-0.05, 0) is 42.3 Å². The lowest BCUT2D eigenvalue weighted by Gasteiger charge is -2.28. The van der Waals surface area contributed by atoms with Crippen molar-refractivity contribution in [1.82, 2.24) is 10.2 Å². The van der Waals surface area contributed by atoms with Gasteiger partial charge in [-0.2, -0.15) is 0 Å². The molecule has 0 heterocycles. The van der Waals surface area contributed by atoms with Gasteiger partial charge in [0, 0.05) is 24.4 Å². The Morgan fingerprint density at radius 1 is 1.04 bits per heavy atom. The van der Waals surface area contributed by atoms with E-state index in [1.54, 1.807) is 37.1 Å². The summed E-state index contributed by atoms with van der Waals surface area (Å²) in [7, 11) is 1.55. The van der Waals surface area contributed by atoms with Gasteiger partial charge in [-0.1, -0.05) is 53.0 Å². The van der Waals surface area contributed by atoms with E-state index in [2.05, 4.69) is 5.32 Å². The second kappa shape index (κ2) is 11.0. The summed E-state index contributed by atoms with van der Waals surface area (Å²) in [5.41, 5.74) is 1.89. The Morgan fingerprint density at radius 3 is 2.29 bits per heavy atom. The highest BCUT2D eigenvalue weighted by molar-refractivity contribution is 7.99. The number of carbonyl (C=O) groups is 2. The molecule has 0 aliphatic heterocycles. The molecule has 0 unspecified atom stereocenters. The van der Waals surface area contributed by atoms with Crippen LogP contribution in [0.15, 0.2) is 42.5 Å². The molecule has 2 aromatic rings. The second-order valence-corrected chi connectivity index (χ2v) is 8.42. The summed E-state index contributed by atoms with van der Waals surface area (Å²) in [6.07, 6.45) is 0. The minimum atomic E-state index is -0.608. The van der Waals surface area contributed by atoms with Gasteiger partial charge in [-0.25, -0.2) is 0 Å². The maximum Gasteiger partial charge on any atom is 0.242 e. The molecule has 2 aromatic carbocycles. The van der Waals surface area contributed by atoms with Crippen molar-refractivity contribution in [2.75, 3.05) is 12.8 Å². The maximum absolute atomic E-state index is 12.9. The number of hydrogen-bond donors (Lipinski definition) is 1. The van der Waals surface area contributed by atoms with Crippen molar-refractivity contribution < 1.29 is 9.59 Å². The summed E-state index contributed by atoms with van der Waals surface area (Å²) in [6, 6.07) is 12.1. The molecule has 1 atom stereocenters. The summed E-state index contributed by atoms with van der Waals surface area (Å²) in [6.45, 7) is 1.98. The SMILES string of the molecule is CNC(=O)[C@H](C)N(Cc1ccc(Cl)c(Cl)c1)C(=O)CSCc1ccc(Cl)cc1. The molecule has 0 aromatic heterocycles. The Bertz CT molecular complexity index is 831. The van der Waals surface area contributed by atoms with Gasteiger partial charge in [0.15, 0.2) is 0 Å². The Balaban J connectivity index is 2.06. The second-order valence-electron chi connectivity index (χ2n) is 6.18. The molecule has 0 radical (unpaired) electrons. The lowest BCUT2D eigenvalue weighted by Crippen LogP contribution is -2.47. The first-order valence-electron chi connectivity index (χ1n) is 8.59. The standard InChI is InChI=1S/C20H21Cl3N2O2S/c1-13(20(27)24-2)25(10-15-5-8-17(22)18(23)9-15)19(26)12-28-11-14-3-6-16(21)7-4-14/h3-9,13H,10-12H2,1-2H3,(H,24,27)/t13-/m0/s1. The van der Waals surface area contributed by atoms with Crippen LogP contribution in [0.1, 0.15) is 18.1 Å². The van der Waals surface area contributed by atoms with Crippen LogP contribution in [0.25, 0.3) is 0 Å². The fourth-order valence-corrected chi connectivity index (χ4v) is 3.86. The molecule has 0 aliphatic rings. The van der Waals surface area contributed by atoms with Crippen molar-refractivity contribution >= 4 is 58.4 Å². The van der Waals surface area contributed by atoms with Gasteiger partial charge in [0.05, 0.1) is 15.8 Å². The summed E-state index contributed by atoms with van der Waals surface area (Å²) >= 11 is 19.4. The van der Waals surface area contributed by atoms with E-state index in [0.717, 1.165) is 11.1 Å². The number of thioether (sulfide) groups is 1. The molecule has 0 aliphatic carbocycles. The van der Waals surface area contributed by atoms with Gasteiger partial charge in [-0.15, -0.1) is 11.8 Å². The minimum Gasteiger partial charge on any atom is -0.357 e. The molecule has 0 saturated heterocycles. The lowest BCUT2D eigenvalue weighted by molar-refractivity contribution is -0.138. The average molecular weight is 460 g/mol. The van der Waals surface area contributed by atoms with Crippen LogP contribution >= 0.6 is 46.6 Å². The van der Waals surface area contributed by atoms with E-state index in [4.69, 9.17) is 34.8 Å². The number of likely N-dealkylation sites (N-methyl/N-ethyl adjacent to an activating group) is 1. The zero-order valence-corrected chi connectivity index (χ0v) is 18.6. The smallest absolute Gasteiger partial charge is 0.242 e. The van der Waals surface area contributed by atoms with E-state index in [9.17, 15) is 9.59 Å². The van der Waals surface area contributed by atoms with Crippen LogP contribution in [0.3, 0.4) is 0 Å². The molecule has 0 saturated carbocycles. The quantitative estimate of drug-likeness (QED) is 0.601. The Hall–Kier alpha value is -1.40. The molecule has 0 fully saturated rings. The molecule has 0 spiro atoms. The van der Waals surface area contributed by atoms with Crippen LogP contribution in [0, 0.1) is 0 Å². The third-order valence-electron chi connectivity index (χ3n) is 4.16. The van der Waals surface area contributed by atoms with Crippen molar-refractivity contribution in [2.45, 2.75) is 25.3 Å². The Kier molecular flexibility index (Phi) is 8.96.